The van der Waals surface area contributed by atoms with E-state index in [0.717, 1.165) is 12.0 Å². The van der Waals surface area contributed by atoms with Gasteiger partial charge in [0.25, 0.3) is 0 Å². The second-order valence-corrected chi connectivity index (χ2v) is 5.23. The molecule has 0 atom stereocenters. The van der Waals surface area contributed by atoms with Crippen LogP contribution in [0, 0.1) is 0 Å². The van der Waals surface area contributed by atoms with Gasteiger partial charge in [0.1, 0.15) is 11.3 Å². The molecule has 1 aromatic heterocycles. The SMILES string of the molecule is CCc1ccc(-c2cc(=O)c3cc(C(=O)OC)ccc3o2)cc1. The van der Waals surface area contributed by atoms with Crippen molar-refractivity contribution in [1.82, 2.24) is 0 Å². The van der Waals surface area contributed by atoms with Crippen molar-refractivity contribution in [2.75, 3.05) is 7.11 Å². The van der Waals surface area contributed by atoms with Crippen molar-refractivity contribution < 1.29 is 13.9 Å². The fourth-order valence-electron chi connectivity index (χ4n) is 2.45. The summed E-state index contributed by atoms with van der Waals surface area (Å²) >= 11 is 0. The van der Waals surface area contributed by atoms with E-state index in [4.69, 9.17) is 4.42 Å². The first-order valence-electron chi connectivity index (χ1n) is 7.38. The number of hydrogen-bond acceptors (Lipinski definition) is 4. The normalized spacial score (nSPS) is 10.7. The van der Waals surface area contributed by atoms with Crippen LogP contribution in [-0.2, 0) is 11.2 Å². The van der Waals surface area contributed by atoms with Gasteiger partial charge in [-0.25, -0.2) is 4.79 Å². The van der Waals surface area contributed by atoms with Gasteiger partial charge >= 0.3 is 5.97 Å². The van der Waals surface area contributed by atoms with Crippen LogP contribution < -0.4 is 5.43 Å². The predicted octanol–water partition coefficient (Wildman–Crippen LogP) is 3.81. The van der Waals surface area contributed by atoms with Gasteiger partial charge < -0.3 is 9.15 Å². The molecule has 4 nitrogen and oxygen atoms in total. The van der Waals surface area contributed by atoms with Crippen molar-refractivity contribution in [2.24, 2.45) is 0 Å². The molecule has 0 radical (unpaired) electrons. The fourth-order valence-corrected chi connectivity index (χ4v) is 2.45. The number of benzene rings is 2. The zero-order valence-corrected chi connectivity index (χ0v) is 13.0. The third-order valence-corrected chi connectivity index (χ3v) is 3.79. The number of carbonyl (C=O) groups is 1. The molecule has 116 valence electrons. The van der Waals surface area contributed by atoms with E-state index < -0.39 is 5.97 Å². The van der Waals surface area contributed by atoms with Crippen LogP contribution in [0.5, 0.6) is 0 Å². The molecular weight excluding hydrogens is 292 g/mol. The van der Waals surface area contributed by atoms with E-state index in [1.165, 1.54) is 24.8 Å². The van der Waals surface area contributed by atoms with Gasteiger partial charge in [-0.15, -0.1) is 0 Å². The molecule has 4 heteroatoms. The molecule has 0 fully saturated rings. The number of fused-ring (bicyclic) bond motifs is 1. The van der Waals surface area contributed by atoms with Crippen molar-refractivity contribution >= 4 is 16.9 Å². The molecule has 0 spiro atoms. The molecule has 0 aliphatic heterocycles. The summed E-state index contributed by atoms with van der Waals surface area (Å²) in [5, 5.41) is 0.363. The summed E-state index contributed by atoms with van der Waals surface area (Å²) < 4.78 is 10.5. The summed E-state index contributed by atoms with van der Waals surface area (Å²) in [6, 6.07) is 14.0. The van der Waals surface area contributed by atoms with Crippen molar-refractivity contribution in [3.63, 3.8) is 0 Å². The molecule has 0 aliphatic carbocycles. The van der Waals surface area contributed by atoms with Gasteiger partial charge in [0, 0.05) is 11.6 Å². The minimum absolute atomic E-state index is 0.188. The van der Waals surface area contributed by atoms with E-state index in [2.05, 4.69) is 11.7 Å². The summed E-state index contributed by atoms with van der Waals surface area (Å²) in [6.45, 7) is 2.09. The Kier molecular flexibility index (Phi) is 3.98. The Morgan fingerprint density at radius 2 is 1.83 bits per heavy atom. The van der Waals surface area contributed by atoms with Gasteiger partial charge in [0.05, 0.1) is 18.1 Å². The minimum atomic E-state index is -0.481. The first-order valence-corrected chi connectivity index (χ1v) is 7.38. The Morgan fingerprint density at radius 1 is 1.09 bits per heavy atom. The monoisotopic (exact) mass is 308 g/mol. The quantitative estimate of drug-likeness (QED) is 0.690. The van der Waals surface area contributed by atoms with Crippen LogP contribution in [0.1, 0.15) is 22.8 Å². The highest BCUT2D eigenvalue weighted by Crippen LogP contribution is 2.23. The Morgan fingerprint density at radius 3 is 2.48 bits per heavy atom. The average Bonchev–Trinajstić information content (AvgIpc) is 2.60. The molecule has 0 saturated carbocycles. The average molecular weight is 308 g/mol. The molecule has 3 aromatic rings. The standard InChI is InChI=1S/C19H16O4/c1-3-12-4-6-13(7-5-12)18-11-16(20)15-10-14(19(21)22-2)8-9-17(15)23-18/h4-11H,3H2,1-2H3. The maximum Gasteiger partial charge on any atom is 0.337 e. The molecule has 0 aliphatic rings. The van der Waals surface area contributed by atoms with Crippen LogP contribution in [0.4, 0.5) is 0 Å². The molecule has 23 heavy (non-hydrogen) atoms. The van der Waals surface area contributed by atoms with Gasteiger partial charge in [-0.05, 0) is 30.2 Å². The van der Waals surface area contributed by atoms with Crippen LogP contribution >= 0.6 is 0 Å². The first kappa shape index (κ1) is 15.0. The van der Waals surface area contributed by atoms with Crippen LogP contribution in [0.25, 0.3) is 22.3 Å². The lowest BCUT2D eigenvalue weighted by molar-refractivity contribution is 0.0601. The van der Waals surface area contributed by atoms with Crippen LogP contribution in [0.15, 0.2) is 57.7 Å². The Hall–Kier alpha value is -2.88. The lowest BCUT2D eigenvalue weighted by Gasteiger charge is -2.05. The molecule has 0 unspecified atom stereocenters. The van der Waals surface area contributed by atoms with Crippen molar-refractivity contribution in [3.05, 3.63) is 69.9 Å². The van der Waals surface area contributed by atoms with E-state index in [-0.39, 0.29) is 5.43 Å². The Balaban J connectivity index is 2.10. The van der Waals surface area contributed by atoms with E-state index in [0.29, 0.717) is 22.3 Å². The highest BCUT2D eigenvalue weighted by atomic mass is 16.5. The van der Waals surface area contributed by atoms with Crippen LogP contribution in [-0.4, -0.2) is 13.1 Å². The smallest absolute Gasteiger partial charge is 0.337 e. The van der Waals surface area contributed by atoms with Gasteiger partial charge in [-0.1, -0.05) is 31.2 Å². The number of carbonyl (C=O) groups excluding carboxylic acids is 1. The van der Waals surface area contributed by atoms with Crippen molar-refractivity contribution in [3.8, 4) is 11.3 Å². The number of methoxy groups -OCH3 is 1. The molecule has 0 bridgehead atoms. The summed E-state index contributed by atoms with van der Waals surface area (Å²) in [5.41, 5.74) is 2.65. The van der Waals surface area contributed by atoms with E-state index in [1.54, 1.807) is 12.1 Å². The molecule has 1 heterocycles. The highest BCUT2D eigenvalue weighted by Gasteiger charge is 2.11. The lowest BCUT2D eigenvalue weighted by atomic mass is 10.1. The molecule has 0 amide bonds. The molecule has 0 N–H and O–H groups in total. The number of hydrogen-bond donors (Lipinski definition) is 0. The van der Waals surface area contributed by atoms with Crippen molar-refractivity contribution in [2.45, 2.75) is 13.3 Å². The molecular formula is C19H16O4. The number of esters is 1. The number of rotatable bonds is 3. The highest BCUT2D eigenvalue weighted by molar-refractivity contribution is 5.94. The van der Waals surface area contributed by atoms with E-state index >= 15 is 0 Å². The zero-order valence-electron chi connectivity index (χ0n) is 13.0. The van der Waals surface area contributed by atoms with Gasteiger partial charge in [0.15, 0.2) is 5.43 Å². The van der Waals surface area contributed by atoms with E-state index in [1.807, 2.05) is 24.3 Å². The van der Waals surface area contributed by atoms with Gasteiger partial charge in [0.2, 0.25) is 0 Å². The van der Waals surface area contributed by atoms with Crippen LogP contribution in [0.3, 0.4) is 0 Å². The topological polar surface area (TPSA) is 56.5 Å². The summed E-state index contributed by atoms with van der Waals surface area (Å²) in [4.78, 5) is 23.9. The van der Waals surface area contributed by atoms with Gasteiger partial charge in [-0.3, -0.25) is 4.79 Å². The number of ether oxygens (including phenoxy) is 1. The second kappa shape index (κ2) is 6.08. The summed E-state index contributed by atoms with van der Waals surface area (Å²) in [7, 11) is 1.30. The maximum atomic E-state index is 12.3. The second-order valence-electron chi connectivity index (χ2n) is 5.23. The summed E-state index contributed by atoms with van der Waals surface area (Å²) in [6.07, 6.45) is 0.957. The minimum Gasteiger partial charge on any atom is -0.465 e. The number of aryl methyl sites for hydroxylation is 1. The third kappa shape index (κ3) is 2.88. The molecule has 0 saturated heterocycles. The van der Waals surface area contributed by atoms with Gasteiger partial charge in [-0.2, -0.15) is 0 Å². The summed E-state index contributed by atoms with van der Waals surface area (Å²) in [5.74, 6) is 0.0292. The largest absolute Gasteiger partial charge is 0.465 e. The predicted molar refractivity (Wildman–Crippen MR) is 88.6 cm³/mol. The lowest BCUT2D eigenvalue weighted by Crippen LogP contribution is -2.05. The molecule has 2 aromatic carbocycles. The third-order valence-electron chi connectivity index (χ3n) is 3.79. The maximum absolute atomic E-state index is 12.3. The first-order chi connectivity index (χ1) is 11.1. The van der Waals surface area contributed by atoms with Crippen molar-refractivity contribution in [1.29, 1.82) is 0 Å². The van der Waals surface area contributed by atoms with E-state index in [9.17, 15) is 9.59 Å². The molecule has 3 rings (SSSR count). The van der Waals surface area contributed by atoms with Crippen LogP contribution in [0.2, 0.25) is 0 Å². The Labute approximate surface area is 133 Å². The fraction of sp³-hybridized carbons (Fsp3) is 0.158. The zero-order chi connectivity index (χ0) is 16.4. The Bertz CT molecular complexity index is 920.